The first-order valence-corrected chi connectivity index (χ1v) is 9.25. The van der Waals surface area contributed by atoms with Crippen LogP contribution in [0.2, 0.25) is 0 Å². The lowest BCUT2D eigenvalue weighted by molar-refractivity contribution is -0.123. The first kappa shape index (κ1) is 18.5. The van der Waals surface area contributed by atoms with Crippen molar-refractivity contribution in [3.63, 3.8) is 0 Å². The highest BCUT2D eigenvalue weighted by Gasteiger charge is 2.35. The first-order valence-electron chi connectivity index (χ1n) is 8.44. The predicted octanol–water partition coefficient (Wildman–Crippen LogP) is 4.31. The first-order chi connectivity index (χ1) is 12.5. The molecular weight excluding hydrogens is 350 g/mol. The molecule has 5 nitrogen and oxygen atoms in total. The van der Waals surface area contributed by atoms with E-state index < -0.39 is 0 Å². The number of hydrogen-bond donors (Lipinski definition) is 0. The maximum Gasteiger partial charge on any atom is 0.293 e. The summed E-state index contributed by atoms with van der Waals surface area (Å²) in [7, 11) is 1.54. The van der Waals surface area contributed by atoms with Gasteiger partial charge in [0.05, 0.1) is 24.2 Å². The molecule has 0 unspecified atom stereocenters. The summed E-state index contributed by atoms with van der Waals surface area (Å²) in [5.74, 6) is 0.405. The molecule has 0 saturated carbocycles. The minimum atomic E-state index is -0.291. The van der Waals surface area contributed by atoms with Crippen LogP contribution in [0.15, 0.2) is 41.3 Å². The lowest BCUT2D eigenvalue weighted by atomic mass is 10.0. The zero-order valence-electron chi connectivity index (χ0n) is 15.0. The number of amides is 2. The van der Waals surface area contributed by atoms with E-state index in [9.17, 15) is 9.59 Å². The molecule has 2 amide bonds. The Kier molecular flexibility index (Phi) is 5.64. The van der Waals surface area contributed by atoms with Crippen molar-refractivity contribution in [3.05, 3.63) is 46.9 Å². The summed E-state index contributed by atoms with van der Waals surface area (Å²) in [5, 5.41) is 1.76. The van der Waals surface area contributed by atoms with Crippen molar-refractivity contribution in [1.82, 2.24) is 4.90 Å². The summed E-state index contributed by atoms with van der Waals surface area (Å²) in [6.07, 6.45) is 1.76. The van der Waals surface area contributed by atoms with Crippen LogP contribution >= 0.6 is 11.8 Å². The Hall–Kier alpha value is -2.31. The summed E-state index contributed by atoms with van der Waals surface area (Å²) in [5.41, 5.74) is 0.814. The third kappa shape index (κ3) is 3.76. The molecule has 1 fully saturated rings. The summed E-state index contributed by atoms with van der Waals surface area (Å²) in [6.45, 7) is 4.49. The van der Waals surface area contributed by atoms with Crippen molar-refractivity contribution in [3.8, 4) is 5.75 Å². The maximum atomic E-state index is 12.6. The van der Waals surface area contributed by atoms with Crippen molar-refractivity contribution in [2.24, 2.45) is 0 Å². The molecule has 0 aliphatic carbocycles. The van der Waals surface area contributed by atoms with Crippen LogP contribution in [0.4, 0.5) is 4.79 Å². The van der Waals surface area contributed by atoms with E-state index in [4.69, 9.17) is 9.47 Å². The number of ether oxygens (including phenoxy) is 2. The molecule has 1 heterocycles. The molecule has 0 aromatic heterocycles. The van der Waals surface area contributed by atoms with Gasteiger partial charge in [-0.05, 0) is 48.5 Å². The molecule has 2 aromatic carbocycles. The maximum absolute atomic E-state index is 12.6. The predicted molar refractivity (Wildman–Crippen MR) is 104 cm³/mol. The Labute approximate surface area is 157 Å². The van der Waals surface area contributed by atoms with Gasteiger partial charge in [0, 0.05) is 12.7 Å². The smallest absolute Gasteiger partial charge is 0.293 e. The molecule has 0 radical (unpaired) electrons. The monoisotopic (exact) mass is 371 g/mol. The van der Waals surface area contributed by atoms with E-state index in [0.717, 1.165) is 28.1 Å². The van der Waals surface area contributed by atoms with Gasteiger partial charge in [0.2, 0.25) is 0 Å². The van der Waals surface area contributed by atoms with Crippen LogP contribution in [0.25, 0.3) is 16.8 Å². The summed E-state index contributed by atoms with van der Waals surface area (Å²) >= 11 is 0.951. The number of imide groups is 1. The van der Waals surface area contributed by atoms with Crippen LogP contribution < -0.4 is 4.74 Å². The Bertz CT molecular complexity index is 875. The van der Waals surface area contributed by atoms with Gasteiger partial charge in [0.25, 0.3) is 11.1 Å². The Morgan fingerprint density at radius 3 is 2.65 bits per heavy atom. The molecule has 6 heteroatoms. The zero-order valence-corrected chi connectivity index (χ0v) is 15.8. The van der Waals surface area contributed by atoms with E-state index in [1.54, 1.807) is 13.2 Å². The molecule has 0 bridgehead atoms. The summed E-state index contributed by atoms with van der Waals surface area (Å²) in [4.78, 5) is 26.4. The molecule has 1 aliphatic heterocycles. The lowest BCUT2D eigenvalue weighted by Gasteiger charge is -2.15. The standard InChI is InChI=1S/C20H21NO4S/c1-13(2)25-17-9-8-14-6-4-5-7-15(14)16(17)12-18-19(22)21(10-11-24-3)20(23)26-18/h4-9,12-13H,10-11H2,1-3H3/b18-12+. The van der Waals surface area contributed by atoms with Crippen LogP contribution in [0, 0.1) is 0 Å². The van der Waals surface area contributed by atoms with Crippen LogP contribution in [-0.4, -0.2) is 42.4 Å². The second-order valence-corrected chi connectivity index (χ2v) is 7.18. The fraction of sp³-hybridized carbons (Fsp3) is 0.300. The van der Waals surface area contributed by atoms with Gasteiger partial charge >= 0.3 is 0 Å². The Morgan fingerprint density at radius 1 is 1.15 bits per heavy atom. The molecule has 26 heavy (non-hydrogen) atoms. The number of thioether (sulfide) groups is 1. The fourth-order valence-corrected chi connectivity index (χ4v) is 3.63. The van der Waals surface area contributed by atoms with E-state index in [1.165, 1.54) is 4.90 Å². The summed E-state index contributed by atoms with van der Waals surface area (Å²) in [6, 6.07) is 11.8. The lowest BCUT2D eigenvalue weighted by Crippen LogP contribution is -2.31. The highest BCUT2D eigenvalue weighted by molar-refractivity contribution is 8.18. The van der Waals surface area contributed by atoms with Gasteiger partial charge in [-0.25, -0.2) is 0 Å². The zero-order chi connectivity index (χ0) is 18.7. The molecule has 0 spiro atoms. The average molecular weight is 371 g/mol. The van der Waals surface area contributed by atoms with Crippen molar-refractivity contribution in [2.75, 3.05) is 20.3 Å². The van der Waals surface area contributed by atoms with Crippen molar-refractivity contribution in [1.29, 1.82) is 0 Å². The third-order valence-electron chi connectivity index (χ3n) is 3.96. The van der Waals surface area contributed by atoms with E-state index in [0.29, 0.717) is 17.3 Å². The van der Waals surface area contributed by atoms with Crippen LogP contribution in [0.1, 0.15) is 19.4 Å². The van der Waals surface area contributed by atoms with Crippen LogP contribution in [0.3, 0.4) is 0 Å². The van der Waals surface area contributed by atoms with Crippen LogP contribution in [-0.2, 0) is 9.53 Å². The number of nitrogens with zero attached hydrogens (tertiary/aromatic N) is 1. The fourth-order valence-electron chi connectivity index (χ4n) is 2.79. The summed E-state index contributed by atoms with van der Waals surface area (Å²) < 4.78 is 10.9. The molecule has 1 aliphatic rings. The van der Waals surface area contributed by atoms with Gasteiger partial charge in [0.15, 0.2) is 0 Å². The normalized spacial score (nSPS) is 16.3. The highest BCUT2D eigenvalue weighted by atomic mass is 32.2. The van der Waals surface area contributed by atoms with Gasteiger partial charge in [0.1, 0.15) is 5.75 Å². The third-order valence-corrected chi connectivity index (χ3v) is 4.87. The second-order valence-electron chi connectivity index (χ2n) is 6.19. The number of methoxy groups -OCH3 is 1. The molecule has 2 aromatic rings. The second kappa shape index (κ2) is 7.93. The largest absolute Gasteiger partial charge is 0.490 e. The average Bonchev–Trinajstić information content (AvgIpc) is 2.88. The molecule has 0 atom stereocenters. The molecular formula is C20H21NO4S. The number of fused-ring (bicyclic) bond motifs is 1. The van der Waals surface area contributed by atoms with Gasteiger partial charge in [-0.2, -0.15) is 0 Å². The Morgan fingerprint density at radius 2 is 1.92 bits per heavy atom. The highest BCUT2D eigenvalue weighted by Crippen LogP contribution is 2.37. The van der Waals surface area contributed by atoms with Gasteiger partial charge < -0.3 is 9.47 Å². The van der Waals surface area contributed by atoms with E-state index in [2.05, 4.69) is 0 Å². The molecule has 3 rings (SSSR count). The number of benzene rings is 2. The van der Waals surface area contributed by atoms with E-state index in [-0.39, 0.29) is 23.8 Å². The minimum Gasteiger partial charge on any atom is -0.490 e. The molecule has 0 N–H and O–H groups in total. The Balaban J connectivity index is 2.05. The van der Waals surface area contributed by atoms with Gasteiger partial charge in [-0.3, -0.25) is 14.5 Å². The van der Waals surface area contributed by atoms with E-state index in [1.807, 2.05) is 50.2 Å². The van der Waals surface area contributed by atoms with Gasteiger partial charge in [-0.1, -0.05) is 30.3 Å². The quantitative estimate of drug-likeness (QED) is 0.708. The van der Waals surface area contributed by atoms with E-state index >= 15 is 0 Å². The minimum absolute atomic E-state index is 0.0000725. The van der Waals surface area contributed by atoms with Gasteiger partial charge in [-0.15, -0.1) is 0 Å². The van der Waals surface area contributed by atoms with Crippen molar-refractivity contribution in [2.45, 2.75) is 20.0 Å². The SMILES string of the molecule is COCCN1C(=O)S/C(=C/c2c(OC(C)C)ccc3ccccc23)C1=O. The van der Waals surface area contributed by atoms with Crippen molar-refractivity contribution >= 4 is 39.8 Å². The number of hydrogen-bond acceptors (Lipinski definition) is 5. The molecule has 1 saturated heterocycles. The van der Waals surface area contributed by atoms with Crippen molar-refractivity contribution < 1.29 is 19.1 Å². The number of carbonyl (C=O) groups is 2. The number of rotatable bonds is 6. The number of carbonyl (C=O) groups excluding carboxylic acids is 2. The van der Waals surface area contributed by atoms with Crippen LogP contribution in [0.5, 0.6) is 5.75 Å². The topological polar surface area (TPSA) is 55.8 Å². The molecule has 136 valence electrons.